The minimum Gasteiger partial charge on any atom is -0.481 e. The fourth-order valence-corrected chi connectivity index (χ4v) is 3.45. The highest BCUT2D eigenvalue weighted by Crippen LogP contribution is 2.19. The van der Waals surface area contributed by atoms with Crippen LogP contribution in [0.4, 0.5) is 0 Å². The maximum absolute atomic E-state index is 13.1. The Bertz CT molecular complexity index is 1080. The van der Waals surface area contributed by atoms with E-state index in [2.05, 4.69) is 20.6 Å². The number of aromatic amines is 1. The molecule has 0 saturated carbocycles. The summed E-state index contributed by atoms with van der Waals surface area (Å²) in [5, 5.41) is 24.2. The molecule has 0 radical (unpaired) electrons. The summed E-state index contributed by atoms with van der Waals surface area (Å²) in [6.07, 6.45) is 1.67. The number of aliphatic carboxylic acids is 2. The van der Waals surface area contributed by atoms with E-state index in [1.807, 2.05) is 24.3 Å². The highest BCUT2D eigenvalue weighted by molar-refractivity contribution is 5.93. The Balaban J connectivity index is 2.18. The van der Waals surface area contributed by atoms with Crippen LogP contribution in [0, 0.1) is 0 Å². The van der Waals surface area contributed by atoms with Gasteiger partial charge in [0, 0.05) is 36.5 Å². The SMILES string of the molecule is NC(N)=NCCC[C@H](NC(=O)[C@H](Cc1c[nH]c2ccccc12)NC(=O)[C@@H](N)CCC(=O)O)C(=O)O. The van der Waals surface area contributed by atoms with E-state index in [0.717, 1.165) is 16.5 Å². The molecule has 0 bridgehead atoms. The summed E-state index contributed by atoms with van der Waals surface area (Å²) >= 11 is 0. The number of nitrogens with one attached hydrogen (secondary N) is 3. The predicted octanol–water partition coefficient (Wildman–Crippen LogP) is -0.990. The van der Waals surface area contributed by atoms with E-state index < -0.39 is 41.9 Å². The van der Waals surface area contributed by atoms with Gasteiger partial charge in [-0.3, -0.25) is 19.4 Å². The Labute approximate surface area is 201 Å². The summed E-state index contributed by atoms with van der Waals surface area (Å²) in [7, 11) is 0. The third-order valence-corrected chi connectivity index (χ3v) is 5.30. The summed E-state index contributed by atoms with van der Waals surface area (Å²) < 4.78 is 0. The zero-order chi connectivity index (χ0) is 26.0. The Morgan fingerprint density at radius 3 is 2.34 bits per heavy atom. The lowest BCUT2D eigenvalue weighted by atomic mass is 10.0. The second-order valence-corrected chi connectivity index (χ2v) is 8.01. The van der Waals surface area contributed by atoms with Crippen molar-refractivity contribution in [2.75, 3.05) is 6.54 Å². The van der Waals surface area contributed by atoms with E-state index in [4.69, 9.17) is 22.3 Å². The van der Waals surface area contributed by atoms with Crippen LogP contribution in [0.5, 0.6) is 0 Å². The number of nitrogens with two attached hydrogens (primary N) is 3. The molecule has 13 nitrogen and oxygen atoms in total. The Morgan fingerprint density at radius 2 is 1.69 bits per heavy atom. The number of carbonyl (C=O) groups is 4. The molecule has 1 aromatic heterocycles. The number of para-hydroxylation sites is 1. The van der Waals surface area contributed by atoms with Crippen LogP contribution in [0.3, 0.4) is 0 Å². The molecular weight excluding hydrogens is 458 g/mol. The van der Waals surface area contributed by atoms with Crippen molar-refractivity contribution in [2.45, 2.75) is 50.2 Å². The molecule has 2 aromatic rings. The second-order valence-electron chi connectivity index (χ2n) is 8.01. The van der Waals surface area contributed by atoms with E-state index in [1.165, 1.54) is 0 Å². The van der Waals surface area contributed by atoms with E-state index in [9.17, 15) is 24.3 Å². The van der Waals surface area contributed by atoms with Gasteiger partial charge in [-0.25, -0.2) is 4.79 Å². The van der Waals surface area contributed by atoms with Gasteiger partial charge in [0.25, 0.3) is 0 Å². The Kier molecular flexibility index (Phi) is 10.0. The average Bonchev–Trinajstić information content (AvgIpc) is 3.21. The number of guanidine groups is 1. The van der Waals surface area contributed by atoms with Crippen molar-refractivity contribution in [1.29, 1.82) is 0 Å². The average molecular weight is 490 g/mol. The highest BCUT2D eigenvalue weighted by atomic mass is 16.4. The van der Waals surface area contributed by atoms with Crippen molar-refractivity contribution in [3.05, 3.63) is 36.0 Å². The number of H-pyrrole nitrogens is 1. The molecule has 0 spiro atoms. The maximum Gasteiger partial charge on any atom is 0.326 e. The van der Waals surface area contributed by atoms with Crippen molar-refractivity contribution in [3.63, 3.8) is 0 Å². The largest absolute Gasteiger partial charge is 0.481 e. The van der Waals surface area contributed by atoms with Gasteiger partial charge in [-0.05, 0) is 30.9 Å². The molecule has 2 amide bonds. The number of amides is 2. The molecule has 0 fully saturated rings. The van der Waals surface area contributed by atoms with Crippen molar-refractivity contribution < 1.29 is 29.4 Å². The summed E-state index contributed by atoms with van der Waals surface area (Å²) in [6.45, 7) is 0.190. The minimum atomic E-state index is -1.25. The van der Waals surface area contributed by atoms with E-state index in [0.29, 0.717) is 6.42 Å². The number of hydrogen-bond acceptors (Lipinski definition) is 6. The van der Waals surface area contributed by atoms with Crippen molar-refractivity contribution in [1.82, 2.24) is 15.6 Å². The summed E-state index contributed by atoms with van der Waals surface area (Å²) in [5.74, 6) is -3.92. The molecule has 1 aromatic carbocycles. The number of benzene rings is 1. The number of nitrogens with zero attached hydrogens (tertiary/aromatic N) is 1. The van der Waals surface area contributed by atoms with E-state index in [1.54, 1.807) is 6.20 Å². The third kappa shape index (κ3) is 8.62. The lowest BCUT2D eigenvalue weighted by molar-refractivity contribution is -0.142. The van der Waals surface area contributed by atoms with Gasteiger partial charge in [0.05, 0.1) is 6.04 Å². The van der Waals surface area contributed by atoms with Crippen LogP contribution in [0.1, 0.15) is 31.2 Å². The molecule has 2 rings (SSSR count). The molecule has 0 aliphatic rings. The molecular formula is C22H31N7O6. The molecule has 0 saturated heterocycles. The fourth-order valence-electron chi connectivity index (χ4n) is 3.45. The molecule has 190 valence electrons. The number of carboxylic acid groups (broad SMARTS) is 2. The lowest BCUT2D eigenvalue weighted by Crippen LogP contribution is -2.55. The number of fused-ring (bicyclic) bond motifs is 1. The first-order chi connectivity index (χ1) is 16.6. The van der Waals surface area contributed by atoms with Crippen molar-refractivity contribution >= 4 is 40.6 Å². The third-order valence-electron chi connectivity index (χ3n) is 5.30. The van der Waals surface area contributed by atoms with Crippen LogP contribution in [-0.4, -0.2) is 69.6 Å². The van der Waals surface area contributed by atoms with Crippen LogP contribution in [0.15, 0.2) is 35.5 Å². The van der Waals surface area contributed by atoms with Gasteiger partial charge in [0.1, 0.15) is 12.1 Å². The number of rotatable bonds is 14. The Hall–Kier alpha value is -4.13. The van der Waals surface area contributed by atoms with Gasteiger partial charge in [-0.2, -0.15) is 0 Å². The van der Waals surface area contributed by atoms with Gasteiger partial charge in [-0.1, -0.05) is 18.2 Å². The van der Waals surface area contributed by atoms with Crippen LogP contribution < -0.4 is 27.8 Å². The first-order valence-corrected chi connectivity index (χ1v) is 11.0. The molecule has 35 heavy (non-hydrogen) atoms. The standard InChI is InChI=1S/C22H31N7O6/c23-14(7-8-18(30)31)19(32)29-17(10-12-11-27-15-5-2-1-4-13(12)15)20(33)28-16(21(34)35)6-3-9-26-22(24)25/h1-2,4-5,11,14,16-17,27H,3,6-10,23H2,(H,28,33)(H,29,32)(H,30,31)(H,34,35)(H4,24,25,26)/t14-,16-,17-/m0/s1. The van der Waals surface area contributed by atoms with Crippen molar-refractivity contribution in [2.24, 2.45) is 22.2 Å². The molecule has 0 unspecified atom stereocenters. The fraction of sp³-hybridized carbons (Fsp3) is 0.409. The minimum absolute atomic E-state index is 0.0492. The summed E-state index contributed by atoms with van der Waals surface area (Å²) in [4.78, 5) is 55.0. The molecule has 3 atom stereocenters. The van der Waals surface area contributed by atoms with Crippen LogP contribution >= 0.6 is 0 Å². The molecule has 13 heteroatoms. The van der Waals surface area contributed by atoms with Gasteiger partial charge in [0.15, 0.2) is 5.96 Å². The molecule has 0 aliphatic carbocycles. The van der Waals surface area contributed by atoms with Gasteiger partial charge < -0.3 is 43.0 Å². The quantitative estimate of drug-likeness (QED) is 0.0921. The normalized spacial score (nSPS) is 13.4. The van der Waals surface area contributed by atoms with Crippen LogP contribution in [0.25, 0.3) is 10.9 Å². The number of aromatic nitrogens is 1. The zero-order valence-electron chi connectivity index (χ0n) is 19.1. The number of carbonyl (C=O) groups excluding carboxylic acids is 2. The Morgan fingerprint density at radius 1 is 1.00 bits per heavy atom. The second kappa shape index (κ2) is 12.9. The highest BCUT2D eigenvalue weighted by Gasteiger charge is 2.29. The van der Waals surface area contributed by atoms with Gasteiger partial charge in [0.2, 0.25) is 11.8 Å². The van der Waals surface area contributed by atoms with Gasteiger partial charge >= 0.3 is 11.9 Å². The topological polar surface area (TPSA) is 239 Å². The van der Waals surface area contributed by atoms with E-state index in [-0.39, 0.29) is 38.2 Å². The predicted molar refractivity (Wildman–Crippen MR) is 128 cm³/mol. The first kappa shape index (κ1) is 27.1. The number of carboxylic acids is 2. The first-order valence-electron chi connectivity index (χ1n) is 11.0. The molecule has 1 heterocycles. The molecule has 11 N–H and O–H groups in total. The molecule has 0 aliphatic heterocycles. The number of aliphatic imine (C=N–C) groups is 1. The summed E-state index contributed by atoms with van der Waals surface area (Å²) in [6, 6.07) is 3.82. The summed E-state index contributed by atoms with van der Waals surface area (Å²) in [5.41, 5.74) is 17.9. The maximum atomic E-state index is 13.1. The van der Waals surface area contributed by atoms with E-state index >= 15 is 0 Å². The number of hydrogen-bond donors (Lipinski definition) is 8. The van der Waals surface area contributed by atoms with Crippen LogP contribution in [0.2, 0.25) is 0 Å². The van der Waals surface area contributed by atoms with Gasteiger partial charge in [-0.15, -0.1) is 0 Å². The zero-order valence-corrected chi connectivity index (χ0v) is 19.1. The lowest BCUT2D eigenvalue weighted by Gasteiger charge is -2.23. The van der Waals surface area contributed by atoms with Crippen LogP contribution in [-0.2, 0) is 25.6 Å². The van der Waals surface area contributed by atoms with Crippen molar-refractivity contribution in [3.8, 4) is 0 Å². The monoisotopic (exact) mass is 489 g/mol. The smallest absolute Gasteiger partial charge is 0.326 e.